The van der Waals surface area contributed by atoms with Gasteiger partial charge in [0.15, 0.2) is 0 Å². The third-order valence-corrected chi connectivity index (χ3v) is 1.91. The van der Waals surface area contributed by atoms with Crippen molar-refractivity contribution in [3.05, 3.63) is 29.6 Å². The molecule has 94 valence electrons. The standard InChI is InChI=1S/C12H19N3O2/c1-9-6-5-7-10(14-9)8-15(13)11(16)17-12(2,3)4/h5-7H,8,13H2,1-4H3. The number of hydrazine groups is 1. The number of nitrogens with zero attached hydrogens (tertiary/aromatic N) is 2. The molecular formula is C12H19N3O2. The molecule has 0 bridgehead atoms. The van der Waals surface area contributed by atoms with Crippen molar-refractivity contribution in [2.75, 3.05) is 0 Å². The first-order chi connectivity index (χ1) is 7.78. The van der Waals surface area contributed by atoms with E-state index >= 15 is 0 Å². The summed E-state index contributed by atoms with van der Waals surface area (Å²) < 4.78 is 5.14. The monoisotopic (exact) mass is 237 g/mol. The van der Waals surface area contributed by atoms with Gasteiger partial charge in [-0.25, -0.2) is 15.6 Å². The Bertz CT molecular complexity index is 399. The van der Waals surface area contributed by atoms with E-state index in [0.29, 0.717) is 0 Å². The predicted octanol–water partition coefficient (Wildman–Crippen LogP) is 2.00. The molecule has 1 amide bonds. The Morgan fingerprint density at radius 3 is 2.65 bits per heavy atom. The molecule has 1 rings (SSSR count). The maximum Gasteiger partial charge on any atom is 0.424 e. The third kappa shape index (κ3) is 4.82. The van der Waals surface area contributed by atoms with Crippen LogP contribution < -0.4 is 5.84 Å². The average Bonchev–Trinajstić information content (AvgIpc) is 2.14. The minimum Gasteiger partial charge on any atom is -0.443 e. The lowest BCUT2D eigenvalue weighted by atomic mass is 10.2. The maximum absolute atomic E-state index is 11.6. The van der Waals surface area contributed by atoms with Crippen molar-refractivity contribution >= 4 is 6.09 Å². The van der Waals surface area contributed by atoms with Crippen molar-refractivity contribution in [3.63, 3.8) is 0 Å². The summed E-state index contributed by atoms with van der Waals surface area (Å²) >= 11 is 0. The molecule has 0 aliphatic rings. The van der Waals surface area contributed by atoms with Gasteiger partial charge in [0.1, 0.15) is 5.60 Å². The first-order valence-corrected chi connectivity index (χ1v) is 5.46. The van der Waals surface area contributed by atoms with Crippen molar-refractivity contribution in [2.45, 2.75) is 39.8 Å². The number of hydrogen-bond acceptors (Lipinski definition) is 4. The lowest BCUT2D eigenvalue weighted by Gasteiger charge is -2.24. The van der Waals surface area contributed by atoms with Gasteiger partial charge in [-0.05, 0) is 39.8 Å². The van der Waals surface area contributed by atoms with Crippen LogP contribution in [0.5, 0.6) is 0 Å². The highest BCUT2D eigenvalue weighted by molar-refractivity contribution is 5.67. The van der Waals surface area contributed by atoms with Crippen LogP contribution in [-0.2, 0) is 11.3 Å². The second kappa shape index (κ2) is 5.14. The number of rotatable bonds is 2. The highest BCUT2D eigenvalue weighted by Crippen LogP contribution is 2.09. The minimum absolute atomic E-state index is 0.233. The van der Waals surface area contributed by atoms with E-state index in [1.165, 1.54) is 0 Å². The van der Waals surface area contributed by atoms with E-state index in [2.05, 4.69) is 4.98 Å². The summed E-state index contributed by atoms with van der Waals surface area (Å²) in [6, 6.07) is 5.58. The van der Waals surface area contributed by atoms with Gasteiger partial charge in [0.2, 0.25) is 0 Å². The van der Waals surface area contributed by atoms with Crippen LogP contribution >= 0.6 is 0 Å². The van der Waals surface area contributed by atoms with Gasteiger partial charge in [-0.1, -0.05) is 6.07 Å². The molecule has 0 saturated heterocycles. The summed E-state index contributed by atoms with van der Waals surface area (Å²) in [6.07, 6.45) is -0.555. The molecule has 5 nitrogen and oxygen atoms in total. The van der Waals surface area contributed by atoms with E-state index in [0.717, 1.165) is 16.4 Å². The van der Waals surface area contributed by atoms with Crippen molar-refractivity contribution < 1.29 is 9.53 Å². The van der Waals surface area contributed by atoms with Gasteiger partial charge in [-0.15, -0.1) is 0 Å². The molecule has 0 saturated carbocycles. The van der Waals surface area contributed by atoms with Crippen molar-refractivity contribution in [1.29, 1.82) is 0 Å². The summed E-state index contributed by atoms with van der Waals surface area (Å²) in [7, 11) is 0. The Morgan fingerprint density at radius 1 is 1.47 bits per heavy atom. The zero-order chi connectivity index (χ0) is 13.1. The molecule has 0 fully saturated rings. The van der Waals surface area contributed by atoms with Gasteiger partial charge in [-0.3, -0.25) is 4.98 Å². The van der Waals surface area contributed by atoms with E-state index < -0.39 is 11.7 Å². The molecule has 5 heteroatoms. The van der Waals surface area contributed by atoms with E-state index in [-0.39, 0.29) is 6.54 Å². The molecule has 0 aromatic carbocycles. The zero-order valence-corrected chi connectivity index (χ0v) is 10.7. The molecule has 1 aromatic rings. The first kappa shape index (κ1) is 13.4. The van der Waals surface area contributed by atoms with Gasteiger partial charge in [0, 0.05) is 5.69 Å². The number of aryl methyl sites for hydroxylation is 1. The summed E-state index contributed by atoms with van der Waals surface area (Å²) in [5.41, 5.74) is 1.08. The molecule has 0 spiro atoms. The SMILES string of the molecule is Cc1cccc(CN(N)C(=O)OC(C)(C)C)n1. The second-order valence-electron chi connectivity index (χ2n) is 4.88. The van der Waals surface area contributed by atoms with Crippen LogP contribution in [0, 0.1) is 6.92 Å². The molecule has 1 aromatic heterocycles. The quantitative estimate of drug-likeness (QED) is 0.485. The Balaban J connectivity index is 2.60. The molecule has 1 heterocycles. The molecule has 2 N–H and O–H groups in total. The topological polar surface area (TPSA) is 68.5 Å². The molecule has 0 atom stereocenters. The fraction of sp³-hybridized carbons (Fsp3) is 0.500. The van der Waals surface area contributed by atoms with Crippen molar-refractivity contribution in [2.24, 2.45) is 5.84 Å². The van der Waals surface area contributed by atoms with Crippen LogP contribution in [-0.4, -0.2) is 21.7 Å². The predicted molar refractivity (Wildman–Crippen MR) is 64.9 cm³/mol. The molecule has 0 aliphatic heterocycles. The number of aromatic nitrogens is 1. The van der Waals surface area contributed by atoms with E-state index in [4.69, 9.17) is 10.6 Å². The number of hydrogen-bond donors (Lipinski definition) is 1. The number of ether oxygens (including phenoxy) is 1. The summed E-state index contributed by atoms with van der Waals surface area (Å²) in [6.45, 7) is 7.51. The van der Waals surface area contributed by atoms with E-state index in [1.807, 2.05) is 25.1 Å². The number of amides is 1. The molecule has 0 aliphatic carbocycles. The second-order valence-corrected chi connectivity index (χ2v) is 4.88. The normalized spacial score (nSPS) is 11.1. The Labute approximate surface area is 102 Å². The zero-order valence-electron chi connectivity index (χ0n) is 10.7. The Morgan fingerprint density at radius 2 is 2.12 bits per heavy atom. The Kier molecular flexibility index (Phi) is 4.07. The third-order valence-electron chi connectivity index (χ3n) is 1.91. The van der Waals surface area contributed by atoms with Crippen LogP contribution in [0.25, 0.3) is 0 Å². The fourth-order valence-corrected chi connectivity index (χ4v) is 1.25. The van der Waals surface area contributed by atoms with Crippen LogP contribution in [0.3, 0.4) is 0 Å². The molecule has 0 radical (unpaired) electrons. The van der Waals surface area contributed by atoms with Crippen LogP contribution in [0.2, 0.25) is 0 Å². The smallest absolute Gasteiger partial charge is 0.424 e. The van der Waals surface area contributed by atoms with Gasteiger partial charge in [0.05, 0.1) is 12.2 Å². The number of carbonyl (C=O) groups is 1. The van der Waals surface area contributed by atoms with E-state index in [9.17, 15) is 4.79 Å². The highest BCUT2D eigenvalue weighted by Gasteiger charge is 2.20. The van der Waals surface area contributed by atoms with Gasteiger partial charge in [-0.2, -0.15) is 0 Å². The lowest BCUT2D eigenvalue weighted by molar-refractivity contribution is 0.0229. The Hall–Kier alpha value is -1.62. The molecular weight excluding hydrogens is 218 g/mol. The van der Waals surface area contributed by atoms with Gasteiger partial charge < -0.3 is 4.74 Å². The van der Waals surface area contributed by atoms with Crippen LogP contribution in [0.1, 0.15) is 32.2 Å². The summed E-state index contributed by atoms with van der Waals surface area (Å²) in [5, 5.41) is 1.02. The van der Waals surface area contributed by atoms with Crippen LogP contribution in [0.15, 0.2) is 18.2 Å². The average molecular weight is 237 g/mol. The van der Waals surface area contributed by atoms with E-state index in [1.54, 1.807) is 20.8 Å². The largest absolute Gasteiger partial charge is 0.443 e. The van der Waals surface area contributed by atoms with Crippen molar-refractivity contribution in [3.8, 4) is 0 Å². The van der Waals surface area contributed by atoms with Crippen LogP contribution in [0.4, 0.5) is 4.79 Å². The maximum atomic E-state index is 11.6. The summed E-state index contributed by atoms with van der Waals surface area (Å²) in [4.78, 5) is 15.9. The van der Waals surface area contributed by atoms with Gasteiger partial charge in [0.25, 0.3) is 0 Å². The number of carbonyl (C=O) groups excluding carboxylic acids is 1. The lowest BCUT2D eigenvalue weighted by Crippen LogP contribution is -2.41. The fourth-order valence-electron chi connectivity index (χ4n) is 1.25. The van der Waals surface area contributed by atoms with Gasteiger partial charge >= 0.3 is 6.09 Å². The number of nitrogens with two attached hydrogens (primary N) is 1. The van der Waals surface area contributed by atoms with Crippen molar-refractivity contribution in [1.82, 2.24) is 9.99 Å². The highest BCUT2D eigenvalue weighted by atomic mass is 16.6. The molecule has 0 unspecified atom stereocenters. The summed E-state index contributed by atoms with van der Waals surface area (Å²) in [5.74, 6) is 5.63. The molecule has 17 heavy (non-hydrogen) atoms. The number of pyridine rings is 1. The minimum atomic E-state index is -0.555. The first-order valence-electron chi connectivity index (χ1n) is 5.46.